The quantitative estimate of drug-likeness (QED) is 0.905. The second-order valence-corrected chi connectivity index (χ2v) is 5.38. The Kier molecular flexibility index (Phi) is 3.04. The van der Waals surface area contributed by atoms with E-state index < -0.39 is 5.91 Å². The van der Waals surface area contributed by atoms with Crippen molar-refractivity contribution in [3.05, 3.63) is 40.3 Å². The van der Waals surface area contributed by atoms with E-state index >= 15 is 0 Å². The van der Waals surface area contributed by atoms with Crippen molar-refractivity contribution >= 4 is 5.91 Å². The molecule has 1 aliphatic carbocycles. The van der Waals surface area contributed by atoms with Gasteiger partial charge in [-0.1, -0.05) is 0 Å². The number of aryl methyl sites for hydroxylation is 4. The zero-order valence-corrected chi connectivity index (χ0v) is 11.8. The molecule has 0 atom stereocenters. The van der Waals surface area contributed by atoms with Crippen LogP contribution in [0, 0.1) is 13.8 Å². The topological polar surface area (TPSA) is 73.8 Å². The summed E-state index contributed by atoms with van der Waals surface area (Å²) in [7, 11) is 0. The van der Waals surface area contributed by atoms with Crippen LogP contribution in [-0.4, -0.2) is 20.7 Å². The molecular weight excluding hydrogens is 252 g/mol. The average molecular weight is 270 g/mol. The average Bonchev–Trinajstić information content (AvgIpc) is 2.76. The van der Waals surface area contributed by atoms with Crippen LogP contribution in [0.15, 0.2) is 12.1 Å². The van der Waals surface area contributed by atoms with Gasteiger partial charge in [0, 0.05) is 11.4 Å². The fraction of sp³-hybridized carbons (Fsp3) is 0.400. The van der Waals surface area contributed by atoms with Crippen molar-refractivity contribution in [1.82, 2.24) is 14.8 Å². The molecule has 0 unspecified atom stereocenters. The van der Waals surface area contributed by atoms with Crippen LogP contribution in [0.3, 0.4) is 0 Å². The molecule has 0 spiro atoms. The van der Waals surface area contributed by atoms with Gasteiger partial charge in [0.1, 0.15) is 0 Å². The Labute approximate surface area is 117 Å². The van der Waals surface area contributed by atoms with Gasteiger partial charge in [-0.2, -0.15) is 5.10 Å². The van der Waals surface area contributed by atoms with E-state index in [9.17, 15) is 4.79 Å². The first-order valence-electron chi connectivity index (χ1n) is 6.92. The van der Waals surface area contributed by atoms with Crippen molar-refractivity contribution in [3.8, 4) is 5.82 Å². The summed E-state index contributed by atoms with van der Waals surface area (Å²) >= 11 is 0. The number of hydrogen-bond donors (Lipinski definition) is 1. The van der Waals surface area contributed by atoms with Gasteiger partial charge in [-0.3, -0.25) is 4.79 Å². The molecule has 1 aliphatic rings. The second-order valence-electron chi connectivity index (χ2n) is 5.38. The van der Waals surface area contributed by atoms with Gasteiger partial charge in [0.15, 0.2) is 5.82 Å². The third-order valence-corrected chi connectivity index (χ3v) is 3.76. The highest BCUT2D eigenvalue weighted by Crippen LogP contribution is 2.24. The van der Waals surface area contributed by atoms with Crippen LogP contribution in [0.1, 0.15) is 45.8 Å². The number of pyridine rings is 1. The molecule has 2 heterocycles. The highest BCUT2D eigenvalue weighted by molar-refractivity contribution is 5.96. The Balaban J connectivity index is 2.22. The normalized spacial score (nSPS) is 14.1. The van der Waals surface area contributed by atoms with Gasteiger partial charge in [-0.25, -0.2) is 9.67 Å². The maximum atomic E-state index is 11.7. The molecule has 1 amide bonds. The lowest BCUT2D eigenvalue weighted by Gasteiger charge is -2.18. The molecule has 3 rings (SSSR count). The van der Waals surface area contributed by atoms with Crippen LogP contribution in [0.2, 0.25) is 0 Å². The smallest absolute Gasteiger partial charge is 0.252 e. The molecule has 0 saturated carbocycles. The molecule has 0 saturated heterocycles. The summed E-state index contributed by atoms with van der Waals surface area (Å²) in [6.45, 7) is 3.87. The van der Waals surface area contributed by atoms with Crippen LogP contribution in [0.5, 0.6) is 0 Å². The fourth-order valence-corrected chi connectivity index (χ4v) is 2.81. The van der Waals surface area contributed by atoms with Gasteiger partial charge in [0.2, 0.25) is 0 Å². The Morgan fingerprint density at radius 3 is 2.65 bits per heavy atom. The summed E-state index contributed by atoms with van der Waals surface area (Å²) < 4.78 is 1.71. The van der Waals surface area contributed by atoms with Crippen molar-refractivity contribution in [1.29, 1.82) is 0 Å². The molecule has 5 heteroatoms. The minimum absolute atomic E-state index is 0.451. The number of fused-ring (bicyclic) bond motifs is 1. The Morgan fingerprint density at radius 2 is 2.00 bits per heavy atom. The number of hydrogen-bond acceptors (Lipinski definition) is 3. The maximum absolute atomic E-state index is 11.7. The van der Waals surface area contributed by atoms with Crippen molar-refractivity contribution in [2.45, 2.75) is 39.5 Å². The predicted molar refractivity (Wildman–Crippen MR) is 76.0 cm³/mol. The SMILES string of the molecule is Cc1cc(C)n(-c2nc3c(cc2C(N)=O)CCCC3)n1. The Morgan fingerprint density at radius 1 is 1.25 bits per heavy atom. The van der Waals surface area contributed by atoms with Gasteiger partial charge in [-0.15, -0.1) is 0 Å². The molecule has 104 valence electrons. The third-order valence-electron chi connectivity index (χ3n) is 3.76. The van der Waals surface area contributed by atoms with E-state index in [2.05, 4.69) is 10.1 Å². The van der Waals surface area contributed by atoms with Gasteiger partial charge in [0.25, 0.3) is 5.91 Å². The number of carbonyl (C=O) groups is 1. The van der Waals surface area contributed by atoms with Gasteiger partial charge < -0.3 is 5.73 Å². The van der Waals surface area contributed by atoms with Crippen molar-refractivity contribution in [2.75, 3.05) is 0 Å². The van der Waals surface area contributed by atoms with E-state index in [0.717, 1.165) is 48.3 Å². The van der Waals surface area contributed by atoms with E-state index in [4.69, 9.17) is 5.73 Å². The summed E-state index contributed by atoms with van der Waals surface area (Å²) in [6.07, 6.45) is 4.22. The number of nitrogens with two attached hydrogens (primary N) is 1. The monoisotopic (exact) mass is 270 g/mol. The third kappa shape index (κ3) is 2.09. The number of amides is 1. The van der Waals surface area contributed by atoms with Crippen molar-refractivity contribution < 1.29 is 4.79 Å². The summed E-state index contributed by atoms with van der Waals surface area (Å²) in [4.78, 5) is 16.4. The molecule has 5 nitrogen and oxygen atoms in total. The lowest BCUT2D eigenvalue weighted by Crippen LogP contribution is -2.20. The van der Waals surface area contributed by atoms with Crippen molar-refractivity contribution in [3.63, 3.8) is 0 Å². The molecule has 0 aliphatic heterocycles. The molecule has 0 radical (unpaired) electrons. The van der Waals surface area contributed by atoms with E-state index in [0.29, 0.717) is 11.4 Å². The largest absolute Gasteiger partial charge is 0.365 e. The van der Waals surface area contributed by atoms with Gasteiger partial charge in [-0.05, 0) is 57.2 Å². The summed E-state index contributed by atoms with van der Waals surface area (Å²) in [5, 5.41) is 4.42. The summed E-state index contributed by atoms with van der Waals surface area (Å²) in [5.74, 6) is 0.108. The number of primary amides is 1. The minimum Gasteiger partial charge on any atom is -0.365 e. The van der Waals surface area contributed by atoms with E-state index in [1.165, 1.54) is 0 Å². The highest BCUT2D eigenvalue weighted by Gasteiger charge is 2.20. The fourth-order valence-electron chi connectivity index (χ4n) is 2.81. The van der Waals surface area contributed by atoms with Crippen LogP contribution in [0.25, 0.3) is 5.82 Å². The standard InChI is InChI=1S/C15H18N4O/c1-9-7-10(2)19(18-9)15-12(14(16)20)8-11-5-3-4-6-13(11)17-15/h7-8H,3-6H2,1-2H3,(H2,16,20). The molecule has 0 aromatic carbocycles. The first kappa shape index (κ1) is 12.8. The van der Waals surface area contributed by atoms with Crippen molar-refractivity contribution in [2.24, 2.45) is 5.73 Å². The first-order chi connectivity index (χ1) is 9.56. The lowest BCUT2D eigenvalue weighted by atomic mass is 9.94. The van der Waals surface area contributed by atoms with Gasteiger partial charge in [0.05, 0.1) is 11.3 Å². The number of rotatable bonds is 2. The van der Waals surface area contributed by atoms with E-state index in [-0.39, 0.29) is 0 Å². The summed E-state index contributed by atoms with van der Waals surface area (Å²) in [6, 6.07) is 3.86. The number of nitrogens with zero attached hydrogens (tertiary/aromatic N) is 3. The second kappa shape index (κ2) is 4.74. The molecule has 20 heavy (non-hydrogen) atoms. The van der Waals surface area contributed by atoms with E-state index in [1.807, 2.05) is 26.0 Å². The minimum atomic E-state index is -0.451. The highest BCUT2D eigenvalue weighted by atomic mass is 16.1. The molecule has 0 bridgehead atoms. The molecule has 0 fully saturated rings. The zero-order valence-electron chi connectivity index (χ0n) is 11.8. The summed E-state index contributed by atoms with van der Waals surface area (Å²) in [5.41, 5.74) is 10.1. The van der Waals surface area contributed by atoms with E-state index in [1.54, 1.807) is 4.68 Å². The Bertz CT molecular complexity index is 687. The molecular formula is C15H18N4O. The molecule has 2 N–H and O–H groups in total. The van der Waals surface area contributed by atoms with Crippen LogP contribution < -0.4 is 5.73 Å². The Hall–Kier alpha value is -2.17. The zero-order chi connectivity index (χ0) is 14.3. The predicted octanol–water partition coefficient (Wildman–Crippen LogP) is 1.86. The first-order valence-corrected chi connectivity index (χ1v) is 6.92. The lowest BCUT2D eigenvalue weighted by molar-refractivity contribution is 0.0999. The molecule has 2 aromatic rings. The van der Waals surface area contributed by atoms with Crippen LogP contribution in [0.4, 0.5) is 0 Å². The maximum Gasteiger partial charge on any atom is 0.252 e. The van der Waals surface area contributed by atoms with Gasteiger partial charge >= 0.3 is 0 Å². The van der Waals surface area contributed by atoms with Crippen LogP contribution >= 0.6 is 0 Å². The molecule has 2 aromatic heterocycles. The number of carbonyl (C=O) groups excluding carboxylic acids is 1. The van der Waals surface area contributed by atoms with Crippen LogP contribution in [-0.2, 0) is 12.8 Å². The number of aromatic nitrogens is 3.